The number of nitrogens with two attached hydrogens (primary N) is 1. The van der Waals surface area contributed by atoms with E-state index in [1.807, 2.05) is 0 Å². The molecule has 1 aromatic rings. The van der Waals surface area contributed by atoms with Crippen molar-refractivity contribution in [1.82, 2.24) is 0 Å². The van der Waals surface area contributed by atoms with Crippen molar-refractivity contribution in [2.24, 2.45) is 11.7 Å². The highest BCUT2D eigenvalue weighted by molar-refractivity contribution is 5.57. The Bertz CT molecular complexity index is 373. The summed E-state index contributed by atoms with van der Waals surface area (Å²) in [7, 11) is 0. The summed E-state index contributed by atoms with van der Waals surface area (Å²) in [5, 5.41) is 0. The van der Waals surface area contributed by atoms with Crippen LogP contribution in [0.4, 0.5) is 5.69 Å². The van der Waals surface area contributed by atoms with Gasteiger partial charge in [0.05, 0.1) is 0 Å². The molecule has 2 rings (SSSR count). The van der Waals surface area contributed by atoms with Crippen LogP contribution in [-0.2, 0) is 0 Å². The highest BCUT2D eigenvalue weighted by atomic mass is 15.2. The Morgan fingerprint density at radius 2 is 2.06 bits per heavy atom. The van der Waals surface area contributed by atoms with Crippen molar-refractivity contribution in [3.63, 3.8) is 0 Å². The number of benzene rings is 1. The number of rotatable bonds is 3. The molecule has 2 nitrogen and oxygen atoms in total. The van der Waals surface area contributed by atoms with Gasteiger partial charge in [-0.05, 0) is 29.9 Å². The van der Waals surface area contributed by atoms with Crippen molar-refractivity contribution in [1.29, 1.82) is 0 Å². The first kappa shape index (κ1) is 12.4. The van der Waals surface area contributed by atoms with Crippen LogP contribution < -0.4 is 10.6 Å². The van der Waals surface area contributed by atoms with Crippen LogP contribution in [0.15, 0.2) is 24.3 Å². The number of hydrogen-bond donors (Lipinski definition) is 1. The Morgan fingerprint density at radius 3 is 2.71 bits per heavy atom. The molecule has 0 fully saturated rings. The van der Waals surface area contributed by atoms with Gasteiger partial charge in [0.2, 0.25) is 0 Å². The molecule has 0 spiro atoms. The van der Waals surface area contributed by atoms with Crippen LogP contribution in [0.5, 0.6) is 0 Å². The van der Waals surface area contributed by atoms with Crippen molar-refractivity contribution in [3.8, 4) is 0 Å². The van der Waals surface area contributed by atoms with E-state index in [4.69, 9.17) is 5.73 Å². The second-order valence-corrected chi connectivity index (χ2v) is 5.49. The molecular weight excluding hydrogens is 208 g/mol. The van der Waals surface area contributed by atoms with Gasteiger partial charge in [0.1, 0.15) is 0 Å². The standard InChI is InChI=1S/C15H24N2/c1-11(2)15(10-16)17-9-8-12(3)13-6-4-5-7-14(13)17/h4-7,11-12,15H,8-10,16H2,1-3H3. The molecule has 0 radical (unpaired) electrons. The quantitative estimate of drug-likeness (QED) is 0.868. The van der Waals surface area contributed by atoms with E-state index in [0.717, 1.165) is 13.1 Å². The molecule has 17 heavy (non-hydrogen) atoms. The van der Waals surface area contributed by atoms with Gasteiger partial charge in [0, 0.05) is 24.8 Å². The fourth-order valence-electron chi connectivity index (χ4n) is 2.88. The second kappa shape index (κ2) is 5.09. The molecule has 0 bridgehead atoms. The first-order chi connectivity index (χ1) is 8.15. The van der Waals surface area contributed by atoms with Gasteiger partial charge in [-0.15, -0.1) is 0 Å². The van der Waals surface area contributed by atoms with E-state index in [0.29, 0.717) is 17.9 Å². The van der Waals surface area contributed by atoms with Gasteiger partial charge < -0.3 is 10.6 Å². The number of anilines is 1. The highest BCUT2D eigenvalue weighted by Crippen LogP contribution is 2.36. The summed E-state index contributed by atoms with van der Waals surface area (Å²) in [4.78, 5) is 2.51. The lowest BCUT2D eigenvalue weighted by atomic mass is 9.89. The first-order valence-corrected chi connectivity index (χ1v) is 6.70. The molecule has 1 aliphatic heterocycles. The molecule has 0 saturated heterocycles. The average molecular weight is 232 g/mol. The number of hydrogen-bond acceptors (Lipinski definition) is 2. The van der Waals surface area contributed by atoms with Crippen LogP contribution in [0.3, 0.4) is 0 Å². The first-order valence-electron chi connectivity index (χ1n) is 6.70. The predicted molar refractivity (Wildman–Crippen MR) is 74.5 cm³/mol. The van der Waals surface area contributed by atoms with Gasteiger partial charge in [0.15, 0.2) is 0 Å². The van der Waals surface area contributed by atoms with Crippen LogP contribution in [-0.4, -0.2) is 19.1 Å². The minimum absolute atomic E-state index is 0.462. The third-order valence-corrected chi connectivity index (χ3v) is 3.99. The van der Waals surface area contributed by atoms with E-state index in [1.54, 1.807) is 0 Å². The molecule has 0 aromatic heterocycles. The van der Waals surface area contributed by atoms with Crippen molar-refractivity contribution < 1.29 is 0 Å². The minimum Gasteiger partial charge on any atom is -0.367 e. The molecular formula is C15H24N2. The molecule has 94 valence electrons. The maximum absolute atomic E-state index is 5.95. The van der Waals surface area contributed by atoms with Crippen molar-refractivity contribution >= 4 is 5.69 Å². The normalized spacial score (nSPS) is 21.5. The van der Waals surface area contributed by atoms with E-state index in [2.05, 4.69) is 49.9 Å². The molecule has 1 aromatic carbocycles. The van der Waals surface area contributed by atoms with Crippen LogP contribution >= 0.6 is 0 Å². The summed E-state index contributed by atoms with van der Waals surface area (Å²) in [5.74, 6) is 1.27. The van der Waals surface area contributed by atoms with Crippen molar-refractivity contribution in [2.75, 3.05) is 18.0 Å². The number of para-hydroxylation sites is 1. The Hall–Kier alpha value is -1.02. The minimum atomic E-state index is 0.462. The zero-order valence-corrected chi connectivity index (χ0v) is 11.2. The Kier molecular flexibility index (Phi) is 3.72. The summed E-state index contributed by atoms with van der Waals surface area (Å²) in [6.45, 7) is 8.72. The average Bonchev–Trinajstić information content (AvgIpc) is 2.33. The zero-order chi connectivity index (χ0) is 12.4. The van der Waals surface area contributed by atoms with Gasteiger partial charge >= 0.3 is 0 Å². The molecule has 1 heterocycles. The van der Waals surface area contributed by atoms with Crippen LogP contribution in [0.25, 0.3) is 0 Å². The van der Waals surface area contributed by atoms with E-state index in [1.165, 1.54) is 17.7 Å². The van der Waals surface area contributed by atoms with Gasteiger partial charge in [-0.1, -0.05) is 39.0 Å². The molecule has 1 aliphatic rings. The van der Waals surface area contributed by atoms with E-state index in [-0.39, 0.29) is 0 Å². The molecule has 0 saturated carbocycles. The summed E-state index contributed by atoms with van der Waals surface area (Å²) in [6.07, 6.45) is 1.24. The second-order valence-electron chi connectivity index (χ2n) is 5.49. The van der Waals surface area contributed by atoms with E-state index < -0.39 is 0 Å². The lowest BCUT2D eigenvalue weighted by Crippen LogP contribution is -2.47. The number of fused-ring (bicyclic) bond motifs is 1. The summed E-state index contributed by atoms with van der Waals surface area (Å²) in [6, 6.07) is 9.25. The fraction of sp³-hybridized carbons (Fsp3) is 0.600. The zero-order valence-electron chi connectivity index (χ0n) is 11.2. The Balaban J connectivity index is 2.35. The number of nitrogens with zero attached hydrogens (tertiary/aromatic N) is 1. The monoisotopic (exact) mass is 232 g/mol. The highest BCUT2D eigenvalue weighted by Gasteiger charge is 2.27. The van der Waals surface area contributed by atoms with E-state index >= 15 is 0 Å². The van der Waals surface area contributed by atoms with Crippen LogP contribution in [0, 0.1) is 5.92 Å². The van der Waals surface area contributed by atoms with Gasteiger partial charge in [-0.3, -0.25) is 0 Å². The van der Waals surface area contributed by atoms with Crippen molar-refractivity contribution in [2.45, 2.75) is 39.2 Å². The lowest BCUT2D eigenvalue weighted by Gasteiger charge is -2.41. The molecule has 2 unspecified atom stereocenters. The summed E-state index contributed by atoms with van der Waals surface area (Å²) in [5.41, 5.74) is 8.84. The lowest BCUT2D eigenvalue weighted by molar-refractivity contribution is 0.439. The smallest absolute Gasteiger partial charge is 0.0435 e. The molecule has 2 atom stereocenters. The van der Waals surface area contributed by atoms with E-state index in [9.17, 15) is 0 Å². The fourth-order valence-corrected chi connectivity index (χ4v) is 2.88. The maximum atomic E-state index is 5.95. The summed E-state index contributed by atoms with van der Waals surface area (Å²) >= 11 is 0. The summed E-state index contributed by atoms with van der Waals surface area (Å²) < 4.78 is 0. The van der Waals surface area contributed by atoms with Gasteiger partial charge in [0.25, 0.3) is 0 Å². The molecule has 0 aliphatic carbocycles. The van der Waals surface area contributed by atoms with Crippen LogP contribution in [0.2, 0.25) is 0 Å². The Labute approximate surface area is 105 Å². The third-order valence-electron chi connectivity index (χ3n) is 3.99. The molecule has 0 amide bonds. The maximum Gasteiger partial charge on any atom is 0.0435 e. The molecule has 2 N–H and O–H groups in total. The van der Waals surface area contributed by atoms with Gasteiger partial charge in [-0.25, -0.2) is 0 Å². The SMILES string of the molecule is CC1CCN(C(CN)C(C)C)c2ccccc21. The van der Waals surface area contributed by atoms with Crippen molar-refractivity contribution in [3.05, 3.63) is 29.8 Å². The predicted octanol–water partition coefficient (Wildman–Crippen LogP) is 2.98. The Morgan fingerprint density at radius 1 is 1.35 bits per heavy atom. The third kappa shape index (κ3) is 2.32. The molecule has 2 heteroatoms. The van der Waals surface area contributed by atoms with Gasteiger partial charge in [-0.2, -0.15) is 0 Å². The topological polar surface area (TPSA) is 29.3 Å². The largest absolute Gasteiger partial charge is 0.367 e. The van der Waals surface area contributed by atoms with Crippen LogP contribution in [0.1, 0.15) is 38.7 Å².